The number of amides is 1. The summed E-state index contributed by atoms with van der Waals surface area (Å²) >= 11 is 0. The van der Waals surface area contributed by atoms with Crippen molar-refractivity contribution in [3.05, 3.63) is 35.7 Å². The average Bonchev–Trinajstić information content (AvgIpc) is 3.16. The number of carbonyl (C=O) groups is 1. The van der Waals surface area contributed by atoms with Crippen LogP contribution in [0.15, 0.2) is 24.3 Å². The van der Waals surface area contributed by atoms with Gasteiger partial charge in [-0.2, -0.15) is 4.68 Å². The SMILES string of the molecule is Cc1nnnn1-c1cccc(C(=O)N2CC[C@@](O)(C3CCOCC3)[C@H](C)C2)c1. The van der Waals surface area contributed by atoms with Gasteiger partial charge in [-0.1, -0.05) is 13.0 Å². The Kier molecular flexibility index (Phi) is 5.16. The monoisotopic (exact) mass is 385 g/mol. The highest BCUT2D eigenvalue weighted by molar-refractivity contribution is 5.94. The molecule has 150 valence electrons. The van der Waals surface area contributed by atoms with Crippen molar-refractivity contribution in [2.45, 2.75) is 38.7 Å². The first-order valence-corrected chi connectivity index (χ1v) is 9.94. The molecular formula is C20H27N5O3. The number of hydrogen-bond acceptors (Lipinski definition) is 6. The van der Waals surface area contributed by atoms with E-state index in [1.54, 1.807) is 4.68 Å². The van der Waals surface area contributed by atoms with E-state index in [-0.39, 0.29) is 17.7 Å². The number of rotatable bonds is 3. The van der Waals surface area contributed by atoms with Crippen molar-refractivity contribution in [3.8, 4) is 5.69 Å². The molecule has 1 N–H and O–H groups in total. The van der Waals surface area contributed by atoms with Crippen LogP contribution in [-0.2, 0) is 4.74 Å². The summed E-state index contributed by atoms with van der Waals surface area (Å²) in [6, 6.07) is 7.35. The number of aliphatic hydroxyl groups is 1. The molecule has 1 aromatic carbocycles. The van der Waals surface area contributed by atoms with Gasteiger partial charge in [0.1, 0.15) is 0 Å². The van der Waals surface area contributed by atoms with Gasteiger partial charge in [-0.25, -0.2) is 0 Å². The van der Waals surface area contributed by atoms with Gasteiger partial charge in [0.15, 0.2) is 5.82 Å². The summed E-state index contributed by atoms with van der Waals surface area (Å²) < 4.78 is 7.06. The number of tetrazole rings is 1. The maximum atomic E-state index is 13.1. The molecule has 2 saturated heterocycles. The number of nitrogens with zero attached hydrogens (tertiary/aromatic N) is 5. The van der Waals surface area contributed by atoms with Gasteiger partial charge in [0.05, 0.1) is 11.3 Å². The Morgan fingerprint density at radius 2 is 2.11 bits per heavy atom. The second-order valence-corrected chi connectivity index (χ2v) is 7.97. The molecule has 2 fully saturated rings. The number of piperidine rings is 1. The Balaban J connectivity index is 1.49. The molecule has 4 rings (SSSR count). The highest BCUT2D eigenvalue weighted by atomic mass is 16.5. The molecular weight excluding hydrogens is 358 g/mol. The zero-order valence-electron chi connectivity index (χ0n) is 16.4. The molecule has 0 spiro atoms. The summed E-state index contributed by atoms with van der Waals surface area (Å²) in [4.78, 5) is 15.0. The van der Waals surface area contributed by atoms with Crippen molar-refractivity contribution in [1.29, 1.82) is 0 Å². The number of ether oxygens (including phenoxy) is 1. The van der Waals surface area contributed by atoms with E-state index in [0.29, 0.717) is 44.1 Å². The first-order valence-electron chi connectivity index (χ1n) is 9.94. The maximum Gasteiger partial charge on any atom is 0.253 e. The highest BCUT2D eigenvalue weighted by Crippen LogP contribution is 2.39. The summed E-state index contributed by atoms with van der Waals surface area (Å²) in [6.45, 7) is 6.41. The third-order valence-corrected chi connectivity index (χ3v) is 6.31. The topological polar surface area (TPSA) is 93.4 Å². The predicted octanol–water partition coefficient (Wildman–Crippen LogP) is 1.61. The van der Waals surface area contributed by atoms with Crippen LogP contribution in [0, 0.1) is 18.8 Å². The number of likely N-dealkylation sites (tertiary alicyclic amines) is 1. The summed E-state index contributed by atoms with van der Waals surface area (Å²) in [5, 5.41) is 22.8. The van der Waals surface area contributed by atoms with E-state index in [9.17, 15) is 9.90 Å². The Hall–Kier alpha value is -2.32. The molecule has 2 atom stereocenters. The molecule has 0 saturated carbocycles. The average molecular weight is 385 g/mol. The van der Waals surface area contributed by atoms with Gasteiger partial charge in [-0.05, 0) is 60.7 Å². The molecule has 2 aromatic rings. The van der Waals surface area contributed by atoms with Crippen LogP contribution < -0.4 is 0 Å². The first-order chi connectivity index (χ1) is 13.5. The van der Waals surface area contributed by atoms with Crippen molar-refractivity contribution >= 4 is 5.91 Å². The van der Waals surface area contributed by atoms with Gasteiger partial charge in [0.2, 0.25) is 0 Å². The van der Waals surface area contributed by atoms with Gasteiger partial charge in [0, 0.05) is 37.8 Å². The molecule has 2 aliphatic heterocycles. The molecule has 8 nitrogen and oxygen atoms in total. The van der Waals surface area contributed by atoms with Gasteiger partial charge < -0.3 is 14.7 Å². The van der Waals surface area contributed by atoms with Crippen molar-refractivity contribution in [3.63, 3.8) is 0 Å². The molecule has 1 aromatic heterocycles. The van der Waals surface area contributed by atoms with Gasteiger partial charge >= 0.3 is 0 Å². The van der Waals surface area contributed by atoms with Crippen LogP contribution >= 0.6 is 0 Å². The van der Waals surface area contributed by atoms with Crippen molar-refractivity contribution in [2.75, 3.05) is 26.3 Å². The third kappa shape index (κ3) is 3.42. The lowest BCUT2D eigenvalue weighted by Crippen LogP contribution is -2.56. The number of carbonyl (C=O) groups excluding carboxylic acids is 1. The normalized spacial score (nSPS) is 26.4. The van der Waals surface area contributed by atoms with E-state index in [0.717, 1.165) is 18.5 Å². The quantitative estimate of drug-likeness (QED) is 0.863. The Morgan fingerprint density at radius 3 is 2.79 bits per heavy atom. The van der Waals surface area contributed by atoms with Crippen LogP contribution in [0.2, 0.25) is 0 Å². The van der Waals surface area contributed by atoms with Crippen molar-refractivity contribution in [2.24, 2.45) is 11.8 Å². The maximum absolute atomic E-state index is 13.1. The fraction of sp³-hybridized carbons (Fsp3) is 0.600. The largest absolute Gasteiger partial charge is 0.389 e. The second kappa shape index (κ2) is 7.60. The number of benzene rings is 1. The lowest BCUT2D eigenvalue weighted by molar-refractivity contribution is -0.125. The van der Waals surface area contributed by atoms with Gasteiger partial charge in [0.25, 0.3) is 5.91 Å². The Labute approximate surface area is 164 Å². The van der Waals surface area contributed by atoms with Gasteiger partial charge in [-0.15, -0.1) is 5.10 Å². The molecule has 3 heterocycles. The van der Waals surface area contributed by atoms with E-state index in [2.05, 4.69) is 22.4 Å². The van der Waals surface area contributed by atoms with Crippen LogP contribution in [0.3, 0.4) is 0 Å². The number of hydrogen-bond donors (Lipinski definition) is 1. The molecule has 0 radical (unpaired) electrons. The van der Waals surface area contributed by atoms with Crippen LogP contribution in [0.5, 0.6) is 0 Å². The number of aromatic nitrogens is 4. The van der Waals surface area contributed by atoms with E-state index in [4.69, 9.17) is 4.74 Å². The Bertz CT molecular complexity index is 848. The zero-order chi connectivity index (χ0) is 19.7. The minimum absolute atomic E-state index is 0.0199. The summed E-state index contributed by atoms with van der Waals surface area (Å²) in [6.07, 6.45) is 2.39. The van der Waals surface area contributed by atoms with E-state index >= 15 is 0 Å². The number of aryl methyl sites for hydroxylation is 1. The minimum atomic E-state index is -0.716. The molecule has 0 unspecified atom stereocenters. The molecule has 2 aliphatic rings. The summed E-state index contributed by atoms with van der Waals surface area (Å²) in [7, 11) is 0. The summed E-state index contributed by atoms with van der Waals surface area (Å²) in [5.41, 5.74) is 0.652. The lowest BCUT2D eigenvalue weighted by atomic mass is 9.70. The van der Waals surface area contributed by atoms with E-state index in [1.165, 1.54) is 0 Å². The minimum Gasteiger partial charge on any atom is -0.389 e. The highest BCUT2D eigenvalue weighted by Gasteiger charge is 2.46. The third-order valence-electron chi connectivity index (χ3n) is 6.31. The molecule has 0 bridgehead atoms. The van der Waals surface area contributed by atoms with Crippen LogP contribution in [-0.4, -0.2) is 68.0 Å². The first kappa shape index (κ1) is 19.0. The van der Waals surface area contributed by atoms with Crippen molar-refractivity contribution in [1.82, 2.24) is 25.1 Å². The van der Waals surface area contributed by atoms with E-state index in [1.807, 2.05) is 36.1 Å². The fourth-order valence-corrected chi connectivity index (χ4v) is 4.55. The fourth-order valence-electron chi connectivity index (χ4n) is 4.55. The molecule has 28 heavy (non-hydrogen) atoms. The Morgan fingerprint density at radius 1 is 1.32 bits per heavy atom. The van der Waals surface area contributed by atoms with Gasteiger partial charge in [-0.3, -0.25) is 4.79 Å². The lowest BCUT2D eigenvalue weighted by Gasteiger charge is -2.48. The van der Waals surface area contributed by atoms with Crippen molar-refractivity contribution < 1.29 is 14.6 Å². The molecule has 8 heteroatoms. The summed E-state index contributed by atoms with van der Waals surface area (Å²) in [5.74, 6) is 0.920. The predicted molar refractivity (Wildman–Crippen MR) is 102 cm³/mol. The standard InChI is InChI=1S/C20H27N5O3/c1-14-13-24(9-8-20(14,27)17-6-10-28-11-7-17)19(26)16-4-3-5-18(12-16)25-15(2)21-22-23-25/h3-5,12,14,17,27H,6-11,13H2,1-2H3/t14-,20+/m1/s1. The molecule has 1 amide bonds. The molecule has 0 aliphatic carbocycles. The van der Waals surface area contributed by atoms with Crippen LogP contribution in [0.4, 0.5) is 0 Å². The van der Waals surface area contributed by atoms with Crippen LogP contribution in [0.1, 0.15) is 42.4 Å². The zero-order valence-corrected chi connectivity index (χ0v) is 16.4. The van der Waals surface area contributed by atoms with E-state index < -0.39 is 5.60 Å². The smallest absolute Gasteiger partial charge is 0.253 e. The second-order valence-electron chi connectivity index (χ2n) is 7.97. The van der Waals surface area contributed by atoms with Crippen LogP contribution in [0.25, 0.3) is 5.69 Å².